The van der Waals surface area contributed by atoms with Gasteiger partial charge >= 0.3 is 5.76 Å². The molecule has 0 aliphatic rings. The van der Waals surface area contributed by atoms with Crippen LogP contribution >= 0.6 is 11.3 Å². The maximum atomic E-state index is 11.3. The number of nitrogens with one attached hydrogen (secondary N) is 2. The summed E-state index contributed by atoms with van der Waals surface area (Å²) in [5, 5.41) is 6.11. The molecule has 2 heterocycles. The van der Waals surface area contributed by atoms with Gasteiger partial charge in [-0.25, -0.2) is 9.78 Å². The van der Waals surface area contributed by atoms with Crippen LogP contribution in [0, 0.1) is 0 Å². The van der Waals surface area contributed by atoms with Crippen molar-refractivity contribution in [3.05, 3.63) is 58.4 Å². The largest absolute Gasteiger partial charge is 0.494 e. The molecule has 2 N–H and O–H groups in total. The summed E-state index contributed by atoms with van der Waals surface area (Å²) in [5.74, 6) is 0.437. The number of thiazole rings is 1. The highest BCUT2D eigenvalue weighted by Crippen LogP contribution is 2.29. The lowest BCUT2D eigenvalue weighted by atomic mass is 10.1. The van der Waals surface area contributed by atoms with Gasteiger partial charge in [0, 0.05) is 16.6 Å². The molecule has 0 unspecified atom stereocenters. The number of hydrogen-bond acceptors (Lipinski definition) is 6. The minimum Gasteiger partial charge on any atom is -0.494 e. The Balaban J connectivity index is 1.29. The van der Waals surface area contributed by atoms with Crippen LogP contribution in [0.3, 0.4) is 0 Å². The van der Waals surface area contributed by atoms with Gasteiger partial charge in [0.1, 0.15) is 5.75 Å². The molecule has 2 aromatic heterocycles. The Morgan fingerprint density at radius 1 is 1.06 bits per heavy atom. The molecule has 0 aliphatic carbocycles. The summed E-state index contributed by atoms with van der Waals surface area (Å²) in [7, 11) is 0. The van der Waals surface area contributed by atoms with E-state index < -0.39 is 5.76 Å². The summed E-state index contributed by atoms with van der Waals surface area (Å²) in [6.45, 7) is 3.00. The third-order valence-corrected chi connectivity index (χ3v) is 5.85. The molecule has 0 saturated heterocycles. The minimum atomic E-state index is -0.452. The normalized spacial score (nSPS) is 11.1. The van der Waals surface area contributed by atoms with Crippen molar-refractivity contribution in [1.82, 2.24) is 9.97 Å². The lowest BCUT2D eigenvalue weighted by Gasteiger charge is -2.08. The van der Waals surface area contributed by atoms with E-state index in [4.69, 9.17) is 9.15 Å². The van der Waals surface area contributed by atoms with E-state index in [0.717, 1.165) is 40.9 Å². The number of unbranched alkanes of at least 4 members (excludes halogenated alkanes) is 5. The van der Waals surface area contributed by atoms with Crippen LogP contribution in [-0.4, -0.2) is 16.6 Å². The predicted molar refractivity (Wildman–Crippen MR) is 127 cm³/mol. The molecular formula is C24H27N3O3S. The van der Waals surface area contributed by atoms with Crippen molar-refractivity contribution in [1.29, 1.82) is 0 Å². The molecule has 6 nitrogen and oxygen atoms in total. The average molecular weight is 438 g/mol. The fourth-order valence-corrected chi connectivity index (χ4v) is 4.14. The molecule has 0 bridgehead atoms. The third-order valence-electron chi connectivity index (χ3n) is 5.09. The van der Waals surface area contributed by atoms with Crippen molar-refractivity contribution < 1.29 is 9.15 Å². The zero-order valence-electron chi connectivity index (χ0n) is 17.6. The van der Waals surface area contributed by atoms with Crippen LogP contribution in [0.2, 0.25) is 0 Å². The molecular weight excluding hydrogens is 410 g/mol. The van der Waals surface area contributed by atoms with Crippen molar-refractivity contribution in [2.75, 3.05) is 11.9 Å². The van der Waals surface area contributed by atoms with Gasteiger partial charge in [-0.3, -0.25) is 4.98 Å². The maximum Gasteiger partial charge on any atom is 0.417 e. The third kappa shape index (κ3) is 5.76. The molecule has 7 heteroatoms. The van der Waals surface area contributed by atoms with E-state index in [2.05, 4.69) is 22.2 Å². The Bertz CT molecular complexity index is 1160. The van der Waals surface area contributed by atoms with Crippen LogP contribution in [0.4, 0.5) is 10.8 Å². The monoisotopic (exact) mass is 437 g/mol. The summed E-state index contributed by atoms with van der Waals surface area (Å²) in [5.41, 5.74) is 3.90. The van der Waals surface area contributed by atoms with Crippen molar-refractivity contribution >= 4 is 33.3 Å². The number of aromatic amines is 1. The molecule has 0 saturated carbocycles. The Labute approximate surface area is 185 Å². The molecule has 0 spiro atoms. The van der Waals surface area contributed by atoms with Gasteiger partial charge in [0.05, 0.1) is 17.8 Å². The van der Waals surface area contributed by atoms with Crippen molar-refractivity contribution in [2.24, 2.45) is 0 Å². The van der Waals surface area contributed by atoms with Gasteiger partial charge < -0.3 is 14.5 Å². The summed E-state index contributed by atoms with van der Waals surface area (Å²) < 4.78 is 11.0. The van der Waals surface area contributed by atoms with Gasteiger partial charge in [-0.1, -0.05) is 45.1 Å². The molecule has 0 amide bonds. The number of benzene rings is 2. The number of anilines is 2. The molecule has 0 fully saturated rings. The van der Waals surface area contributed by atoms with E-state index in [-0.39, 0.29) is 0 Å². The van der Waals surface area contributed by atoms with Crippen LogP contribution in [-0.2, 0) is 0 Å². The van der Waals surface area contributed by atoms with E-state index in [1.807, 2.05) is 47.8 Å². The zero-order chi connectivity index (χ0) is 21.5. The molecule has 0 radical (unpaired) electrons. The number of fused-ring (bicyclic) bond motifs is 1. The Kier molecular flexibility index (Phi) is 7.04. The van der Waals surface area contributed by atoms with Crippen LogP contribution in [0.5, 0.6) is 5.75 Å². The number of H-pyrrole nitrogens is 1. The lowest BCUT2D eigenvalue weighted by molar-refractivity contribution is 0.304. The Morgan fingerprint density at radius 3 is 2.71 bits per heavy atom. The number of ether oxygens (including phenoxy) is 1. The SMILES string of the molecule is CCCCCCCCOc1ccc(Nc2nc(-c3ccc4[nH]c(=O)oc4c3)cs2)cc1. The summed E-state index contributed by atoms with van der Waals surface area (Å²) >= 11 is 1.53. The van der Waals surface area contributed by atoms with E-state index in [0.29, 0.717) is 11.1 Å². The summed E-state index contributed by atoms with van der Waals surface area (Å²) in [6.07, 6.45) is 7.56. The van der Waals surface area contributed by atoms with Crippen LogP contribution in [0.1, 0.15) is 45.4 Å². The molecule has 4 aromatic rings. The average Bonchev–Trinajstić information content (AvgIpc) is 3.39. The quantitative estimate of drug-likeness (QED) is 0.254. The second kappa shape index (κ2) is 10.3. The van der Waals surface area contributed by atoms with E-state index in [1.54, 1.807) is 0 Å². The van der Waals surface area contributed by atoms with Crippen LogP contribution in [0.15, 0.2) is 57.1 Å². The van der Waals surface area contributed by atoms with Gasteiger partial charge in [0.25, 0.3) is 0 Å². The summed E-state index contributed by atoms with van der Waals surface area (Å²) in [4.78, 5) is 18.6. The smallest absolute Gasteiger partial charge is 0.417 e. The van der Waals surface area contributed by atoms with Crippen molar-refractivity contribution in [3.8, 4) is 17.0 Å². The maximum absolute atomic E-state index is 11.3. The first kappa shape index (κ1) is 21.2. The first-order valence-electron chi connectivity index (χ1n) is 10.8. The van der Waals surface area contributed by atoms with Crippen molar-refractivity contribution in [3.63, 3.8) is 0 Å². The molecule has 0 atom stereocenters. The first-order valence-corrected chi connectivity index (χ1v) is 11.7. The first-order chi connectivity index (χ1) is 15.2. The molecule has 2 aromatic carbocycles. The molecule has 31 heavy (non-hydrogen) atoms. The van der Waals surface area contributed by atoms with Gasteiger partial charge in [0.15, 0.2) is 10.7 Å². The number of rotatable bonds is 11. The lowest BCUT2D eigenvalue weighted by Crippen LogP contribution is -1.97. The van der Waals surface area contributed by atoms with E-state index in [9.17, 15) is 4.79 Å². The number of nitrogens with zero attached hydrogens (tertiary/aromatic N) is 1. The number of aromatic nitrogens is 2. The minimum absolute atomic E-state index is 0.452. The Morgan fingerprint density at radius 2 is 1.87 bits per heavy atom. The van der Waals surface area contributed by atoms with Crippen molar-refractivity contribution in [2.45, 2.75) is 45.4 Å². The van der Waals surface area contributed by atoms with E-state index in [1.165, 1.54) is 43.4 Å². The van der Waals surface area contributed by atoms with Crippen LogP contribution in [0.25, 0.3) is 22.4 Å². The zero-order valence-corrected chi connectivity index (χ0v) is 18.5. The Hall–Kier alpha value is -3.06. The standard InChI is InChI=1S/C24H27N3O3S/c1-2-3-4-5-6-7-14-29-19-11-9-18(10-12-19)25-23-26-21(16-31-23)17-8-13-20-22(15-17)30-24(28)27-20/h8-13,15-16H,2-7,14H2,1H3,(H,25,26)(H,27,28). The molecule has 4 rings (SSSR count). The fourth-order valence-electron chi connectivity index (χ4n) is 3.40. The van der Waals surface area contributed by atoms with E-state index >= 15 is 0 Å². The fraction of sp³-hybridized carbons (Fsp3) is 0.333. The van der Waals surface area contributed by atoms with Gasteiger partial charge in [-0.2, -0.15) is 0 Å². The highest BCUT2D eigenvalue weighted by molar-refractivity contribution is 7.14. The highest BCUT2D eigenvalue weighted by Gasteiger charge is 2.08. The molecule has 0 aliphatic heterocycles. The van der Waals surface area contributed by atoms with Gasteiger partial charge in [-0.15, -0.1) is 11.3 Å². The topological polar surface area (TPSA) is 80.1 Å². The predicted octanol–water partition coefficient (Wildman–Crippen LogP) is 6.73. The van der Waals surface area contributed by atoms with Gasteiger partial charge in [-0.05, 0) is 42.8 Å². The van der Waals surface area contributed by atoms with Crippen LogP contribution < -0.4 is 15.8 Å². The number of oxazole rings is 1. The second-order valence-electron chi connectivity index (χ2n) is 7.53. The second-order valence-corrected chi connectivity index (χ2v) is 8.39. The molecule has 162 valence electrons. The summed E-state index contributed by atoms with van der Waals surface area (Å²) in [6, 6.07) is 13.5. The highest BCUT2D eigenvalue weighted by atomic mass is 32.1. The number of hydrogen-bond donors (Lipinski definition) is 2. The van der Waals surface area contributed by atoms with Gasteiger partial charge in [0.2, 0.25) is 0 Å².